The number of piperidine rings is 1. The highest BCUT2D eigenvalue weighted by Crippen LogP contribution is 2.37. The summed E-state index contributed by atoms with van der Waals surface area (Å²) < 4.78 is 8.18. The number of halogens is 2. The maximum absolute atomic E-state index is 6.48. The van der Waals surface area contributed by atoms with E-state index in [0.29, 0.717) is 27.7 Å². The molecule has 0 saturated carbocycles. The van der Waals surface area contributed by atoms with E-state index < -0.39 is 0 Å². The van der Waals surface area contributed by atoms with Gasteiger partial charge in [-0.2, -0.15) is 5.10 Å². The molecule has 1 atom stereocenters. The summed E-state index contributed by atoms with van der Waals surface area (Å²) in [6.45, 7) is 5.87. The first-order valence-electron chi connectivity index (χ1n) is 10.1. The van der Waals surface area contributed by atoms with E-state index in [9.17, 15) is 0 Å². The van der Waals surface area contributed by atoms with E-state index in [1.165, 1.54) is 0 Å². The van der Waals surface area contributed by atoms with Gasteiger partial charge in [-0.25, -0.2) is 4.98 Å². The lowest BCUT2D eigenvalue weighted by molar-refractivity contribution is 0.228. The molecule has 2 aromatic heterocycles. The van der Waals surface area contributed by atoms with Crippen LogP contribution in [-0.4, -0.2) is 27.9 Å². The molecule has 4 rings (SSSR count). The van der Waals surface area contributed by atoms with Gasteiger partial charge in [-0.05, 0) is 57.5 Å². The Hall–Kier alpha value is -2.28. The van der Waals surface area contributed by atoms with Gasteiger partial charge in [0.25, 0.3) is 0 Å². The number of nitrogens with one attached hydrogen (secondary N) is 1. The quantitative estimate of drug-likeness (QED) is 0.563. The van der Waals surface area contributed by atoms with Crippen molar-refractivity contribution in [2.75, 3.05) is 18.8 Å². The van der Waals surface area contributed by atoms with Crippen LogP contribution in [0.1, 0.15) is 43.0 Å². The molecule has 1 unspecified atom stereocenters. The summed E-state index contributed by atoms with van der Waals surface area (Å²) in [5.74, 6) is 0.805. The van der Waals surface area contributed by atoms with Crippen molar-refractivity contribution in [3.05, 3.63) is 58.0 Å². The minimum Gasteiger partial charge on any atom is -0.482 e. The minimum absolute atomic E-state index is 0.316. The third-order valence-electron chi connectivity index (χ3n) is 5.53. The van der Waals surface area contributed by atoms with Crippen LogP contribution in [0.2, 0.25) is 10.0 Å². The lowest BCUT2D eigenvalue weighted by Gasteiger charge is -2.22. The van der Waals surface area contributed by atoms with Gasteiger partial charge in [-0.3, -0.25) is 4.68 Å². The Kier molecular flexibility index (Phi) is 6.18. The first-order valence-corrected chi connectivity index (χ1v) is 10.8. The first-order chi connectivity index (χ1) is 14.4. The fourth-order valence-corrected chi connectivity index (χ4v) is 4.44. The number of aryl methyl sites for hydroxylation is 1. The van der Waals surface area contributed by atoms with Crippen molar-refractivity contribution in [2.24, 2.45) is 0 Å². The predicted molar refractivity (Wildman–Crippen MR) is 121 cm³/mol. The molecule has 6 nitrogen and oxygen atoms in total. The Bertz CT molecular complexity index is 1050. The maximum atomic E-state index is 6.48. The number of nitrogen functional groups attached to an aromatic ring is 1. The largest absolute Gasteiger partial charge is 0.482 e. The Morgan fingerprint density at radius 1 is 1.20 bits per heavy atom. The van der Waals surface area contributed by atoms with Crippen molar-refractivity contribution in [1.82, 2.24) is 20.1 Å². The Morgan fingerprint density at radius 2 is 1.97 bits per heavy atom. The molecule has 0 spiro atoms. The number of hydrogen-bond donors (Lipinski definition) is 2. The number of nitrogens with two attached hydrogens (primary N) is 1. The molecule has 0 aliphatic carbocycles. The molecule has 3 heterocycles. The number of hydrogen-bond acceptors (Lipinski definition) is 5. The van der Waals surface area contributed by atoms with Crippen LogP contribution >= 0.6 is 23.2 Å². The minimum atomic E-state index is -0.387. The van der Waals surface area contributed by atoms with E-state index in [0.717, 1.165) is 48.2 Å². The predicted octanol–water partition coefficient (Wildman–Crippen LogP) is 5.21. The van der Waals surface area contributed by atoms with Crippen LogP contribution in [0, 0.1) is 6.92 Å². The molecular weight excluding hydrogens is 421 g/mol. The number of benzene rings is 1. The third kappa shape index (κ3) is 4.26. The lowest BCUT2D eigenvalue weighted by Crippen LogP contribution is -2.29. The molecule has 1 aliphatic heterocycles. The SMILES string of the molecule is Cc1ccc(Cl)c(C(C)Oc2cc(-c3cnn(C4CCNCC4)c3)cnc2N)c1Cl. The normalized spacial score (nSPS) is 15.9. The van der Waals surface area contributed by atoms with Crippen molar-refractivity contribution in [1.29, 1.82) is 0 Å². The molecule has 30 heavy (non-hydrogen) atoms. The molecule has 0 radical (unpaired) electrons. The molecule has 158 valence electrons. The maximum Gasteiger partial charge on any atom is 0.166 e. The van der Waals surface area contributed by atoms with Crippen LogP contribution in [0.25, 0.3) is 11.1 Å². The highest BCUT2D eigenvalue weighted by atomic mass is 35.5. The molecule has 1 fully saturated rings. The standard InChI is InChI=1S/C22H25Cl2N5O/c1-13-3-4-18(23)20(21(13)24)14(2)30-19-9-15(10-27-22(19)25)16-11-28-29(12-16)17-5-7-26-8-6-17/h3-4,9-12,14,17,26H,5-8H2,1-2H3,(H2,25,27). The summed E-state index contributed by atoms with van der Waals surface area (Å²) in [7, 11) is 0. The van der Waals surface area contributed by atoms with Crippen molar-refractivity contribution >= 4 is 29.0 Å². The van der Waals surface area contributed by atoms with E-state index in [-0.39, 0.29) is 6.10 Å². The van der Waals surface area contributed by atoms with Gasteiger partial charge in [0.05, 0.1) is 17.3 Å². The average Bonchev–Trinajstić information content (AvgIpc) is 3.24. The van der Waals surface area contributed by atoms with Crippen LogP contribution < -0.4 is 15.8 Å². The van der Waals surface area contributed by atoms with Crippen molar-refractivity contribution in [2.45, 2.75) is 38.8 Å². The van der Waals surface area contributed by atoms with Crippen LogP contribution in [0.15, 0.2) is 36.8 Å². The summed E-state index contributed by atoms with van der Waals surface area (Å²) in [4.78, 5) is 4.33. The summed E-state index contributed by atoms with van der Waals surface area (Å²) in [5, 5.41) is 9.10. The Morgan fingerprint density at radius 3 is 2.73 bits per heavy atom. The van der Waals surface area contributed by atoms with Gasteiger partial charge in [0.15, 0.2) is 11.6 Å². The van der Waals surface area contributed by atoms with Crippen molar-refractivity contribution in [3.8, 4) is 16.9 Å². The van der Waals surface area contributed by atoms with E-state index >= 15 is 0 Å². The Labute approximate surface area is 186 Å². The van der Waals surface area contributed by atoms with Crippen molar-refractivity contribution in [3.63, 3.8) is 0 Å². The van der Waals surface area contributed by atoms with Gasteiger partial charge in [-0.15, -0.1) is 0 Å². The highest BCUT2D eigenvalue weighted by Gasteiger charge is 2.20. The molecule has 1 saturated heterocycles. The van der Waals surface area contributed by atoms with Crippen LogP contribution in [0.5, 0.6) is 5.75 Å². The fourth-order valence-electron chi connectivity index (χ4n) is 3.77. The number of pyridine rings is 1. The average molecular weight is 446 g/mol. The number of nitrogens with zero attached hydrogens (tertiary/aromatic N) is 3. The monoisotopic (exact) mass is 445 g/mol. The van der Waals surface area contributed by atoms with E-state index in [1.807, 2.05) is 42.9 Å². The zero-order valence-electron chi connectivity index (χ0n) is 17.0. The van der Waals surface area contributed by atoms with Crippen LogP contribution in [0.3, 0.4) is 0 Å². The van der Waals surface area contributed by atoms with Crippen LogP contribution in [-0.2, 0) is 0 Å². The number of ether oxygens (including phenoxy) is 1. The van der Waals surface area contributed by atoms with E-state index in [1.54, 1.807) is 6.20 Å². The summed E-state index contributed by atoms with van der Waals surface area (Å²) in [6.07, 6.45) is 7.42. The molecule has 0 bridgehead atoms. The zero-order valence-corrected chi connectivity index (χ0v) is 18.5. The second kappa shape index (κ2) is 8.84. The van der Waals surface area contributed by atoms with Gasteiger partial charge >= 0.3 is 0 Å². The highest BCUT2D eigenvalue weighted by molar-refractivity contribution is 6.36. The third-order valence-corrected chi connectivity index (χ3v) is 6.36. The summed E-state index contributed by atoms with van der Waals surface area (Å²) in [5.41, 5.74) is 9.64. The molecule has 1 aliphatic rings. The fraction of sp³-hybridized carbons (Fsp3) is 0.364. The molecule has 1 aromatic carbocycles. The smallest absolute Gasteiger partial charge is 0.166 e. The second-order valence-electron chi connectivity index (χ2n) is 7.65. The van der Waals surface area contributed by atoms with E-state index in [4.69, 9.17) is 33.7 Å². The van der Waals surface area contributed by atoms with E-state index in [2.05, 4.69) is 21.6 Å². The zero-order chi connectivity index (χ0) is 21.3. The van der Waals surface area contributed by atoms with Gasteiger partial charge in [0.1, 0.15) is 6.10 Å². The van der Waals surface area contributed by atoms with Gasteiger partial charge in [0.2, 0.25) is 0 Å². The Balaban J connectivity index is 1.58. The lowest BCUT2D eigenvalue weighted by atomic mass is 10.1. The van der Waals surface area contributed by atoms with Gasteiger partial charge < -0.3 is 15.8 Å². The summed E-state index contributed by atoms with van der Waals surface area (Å²) >= 11 is 12.9. The summed E-state index contributed by atoms with van der Waals surface area (Å²) in [6, 6.07) is 6.02. The van der Waals surface area contributed by atoms with Crippen LogP contribution in [0.4, 0.5) is 5.82 Å². The molecule has 0 amide bonds. The topological polar surface area (TPSA) is 78.0 Å². The number of aromatic nitrogens is 3. The number of rotatable bonds is 5. The molecular formula is C22H25Cl2N5O. The van der Waals surface area contributed by atoms with Gasteiger partial charge in [-0.1, -0.05) is 29.3 Å². The number of anilines is 1. The molecule has 3 N–H and O–H groups in total. The van der Waals surface area contributed by atoms with Crippen molar-refractivity contribution < 1.29 is 4.74 Å². The first kappa shape index (κ1) is 21.0. The molecule has 3 aromatic rings. The van der Waals surface area contributed by atoms with Gasteiger partial charge in [0, 0.05) is 34.1 Å². The molecule has 8 heteroatoms. The second-order valence-corrected chi connectivity index (χ2v) is 8.43.